The molecule has 0 aliphatic carbocycles. The van der Waals surface area contributed by atoms with Crippen molar-refractivity contribution in [3.05, 3.63) is 28.3 Å². The van der Waals surface area contributed by atoms with Crippen LogP contribution in [0, 0.1) is 0 Å². The van der Waals surface area contributed by atoms with Crippen molar-refractivity contribution >= 4 is 17.4 Å². The maximum atomic E-state index is 12.3. The number of rotatable bonds is 3. The van der Waals surface area contributed by atoms with E-state index in [1.54, 1.807) is 6.07 Å². The van der Waals surface area contributed by atoms with Crippen LogP contribution in [0.15, 0.2) is 12.1 Å². The van der Waals surface area contributed by atoms with Gasteiger partial charge in [-0.2, -0.15) is 0 Å². The zero-order chi connectivity index (χ0) is 12.5. The predicted molar refractivity (Wildman–Crippen MR) is 68.6 cm³/mol. The first-order valence-electron chi connectivity index (χ1n) is 6.34. The average Bonchev–Trinajstić information content (AvgIpc) is 2.97. The normalized spacial score (nSPS) is 21.7. The molecule has 1 atom stereocenters. The van der Waals surface area contributed by atoms with Crippen LogP contribution in [0.2, 0.25) is 5.02 Å². The SMILES string of the molecule is O=C(CC1CCCO1)c1cc(Cl)cc2c1OCC2. The Morgan fingerprint density at radius 2 is 2.28 bits per heavy atom. The number of ketones is 1. The van der Waals surface area contributed by atoms with Crippen molar-refractivity contribution in [3.63, 3.8) is 0 Å². The lowest BCUT2D eigenvalue weighted by molar-refractivity contribution is 0.0773. The van der Waals surface area contributed by atoms with Gasteiger partial charge in [0.05, 0.1) is 18.3 Å². The summed E-state index contributed by atoms with van der Waals surface area (Å²) in [6.45, 7) is 1.40. The summed E-state index contributed by atoms with van der Waals surface area (Å²) in [6.07, 6.45) is 3.33. The summed E-state index contributed by atoms with van der Waals surface area (Å²) in [4.78, 5) is 12.3. The number of Topliss-reactive ketones (excluding diaryl/α,β-unsaturated/α-hetero) is 1. The first-order valence-corrected chi connectivity index (χ1v) is 6.72. The monoisotopic (exact) mass is 266 g/mol. The zero-order valence-corrected chi connectivity index (χ0v) is 10.8. The van der Waals surface area contributed by atoms with Gasteiger partial charge in [0, 0.05) is 24.5 Å². The fourth-order valence-electron chi connectivity index (χ4n) is 2.60. The van der Waals surface area contributed by atoms with Crippen molar-refractivity contribution in [3.8, 4) is 5.75 Å². The highest BCUT2D eigenvalue weighted by Crippen LogP contribution is 2.34. The van der Waals surface area contributed by atoms with E-state index in [0.29, 0.717) is 23.6 Å². The molecule has 3 nitrogen and oxygen atoms in total. The second-order valence-electron chi connectivity index (χ2n) is 4.80. The zero-order valence-electron chi connectivity index (χ0n) is 10.1. The van der Waals surface area contributed by atoms with Crippen molar-refractivity contribution in [2.45, 2.75) is 31.8 Å². The van der Waals surface area contributed by atoms with Gasteiger partial charge < -0.3 is 9.47 Å². The van der Waals surface area contributed by atoms with Gasteiger partial charge in [-0.15, -0.1) is 0 Å². The largest absolute Gasteiger partial charge is 0.492 e. The summed E-state index contributed by atoms with van der Waals surface area (Å²) < 4.78 is 11.0. The van der Waals surface area contributed by atoms with Gasteiger partial charge in [0.15, 0.2) is 5.78 Å². The molecule has 1 aromatic carbocycles. The molecule has 0 saturated carbocycles. The van der Waals surface area contributed by atoms with E-state index in [9.17, 15) is 4.79 Å². The minimum absolute atomic E-state index is 0.0635. The Morgan fingerprint density at radius 3 is 3.06 bits per heavy atom. The van der Waals surface area contributed by atoms with E-state index >= 15 is 0 Å². The minimum atomic E-state index is 0.0635. The minimum Gasteiger partial charge on any atom is -0.492 e. The highest BCUT2D eigenvalue weighted by Gasteiger charge is 2.25. The van der Waals surface area contributed by atoms with Gasteiger partial charge in [-0.3, -0.25) is 4.79 Å². The fraction of sp³-hybridized carbons (Fsp3) is 0.500. The molecule has 2 heterocycles. The molecular formula is C14H15ClO3. The van der Waals surface area contributed by atoms with Crippen LogP contribution in [0.1, 0.15) is 35.2 Å². The number of ether oxygens (including phenoxy) is 2. The van der Waals surface area contributed by atoms with E-state index in [4.69, 9.17) is 21.1 Å². The molecule has 0 spiro atoms. The lowest BCUT2D eigenvalue weighted by atomic mass is 10.00. The molecule has 1 fully saturated rings. The molecule has 4 heteroatoms. The number of benzene rings is 1. The van der Waals surface area contributed by atoms with E-state index in [1.165, 1.54) is 0 Å². The Morgan fingerprint density at radius 1 is 1.39 bits per heavy atom. The summed E-state index contributed by atoms with van der Waals surface area (Å²) in [5.41, 5.74) is 1.66. The predicted octanol–water partition coefficient (Wildman–Crippen LogP) is 3.03. The highest BCUT2D eigenvalue weighted by molar-refractivity contribution is 6.31. The third-order valence-corrected chi connectivity index (χ3v) is 3.70. The molecule has 2 aliphatic rings. The summed E-state index contributed by atoms with van der Waals surface area (Å²) >= 11 is 6.05. The summed E-state index contributed by atoms with van der Waals surface area (Å²) in [7, 11) is 0. The number of hydrogen-bond donors (Lipinski definition) is 0. The number of fused-ring (bicyclic) bond motifs is 1. The molecule has 96 valence electrons. The van der Waals surface area contributed by atoms with Crippen molar-refractivity contribution < 1.29 is 14.3 Å². The number of hydrogen-bond acceptors (Lipinski definition) is 3. The molecule has 2 aliphatic heterocycles. The number of carbonyl (C=O) groups excluding carboxylic acids is 1. The summed E-state index contributed by atoms with van der Waals surface area (Å²) in [5, 5.41) is 0.606. The third kappa shape index (κ3) is 2.25. The van der Waals surface area contributed by atoms with Crippen LogP contribution in [0.4, 0.5) is 0 Å². The van der Waals surface area contributed by atoms with Crippen LogP contribution < -0.4 is 4.74 Å². The molecule has 0 radical (unpaired) electrons. The van der Waals surface area contributed by atoms with Gasteiger partial charge in [0.25, 0.3) is 0 Å². The fourth-order valence-corrected chi connectivity index (χ4v) is 2.84. The average molecular weight is 267 g/mol. The Hall–Kier alpha value is -1.06. The number of carbonyl (C=O) groups is 1. The first kappa shape index (κ1) is 12.0. The van der Waals surface area contributed by atoms with Crippen LogP contribution in [0.5, 0.6) is 5.75 Å². The molecule has 0 bridgehead atoms. The Balaban J connectivity index is 1.84. The topological polar surface area (TPSA) is 35.5 Å². The molecule has 0 N–H and O–H groups in total. The summed E-state index contributed by atoms with van der Waals surface area (Å²) in [6, 6.07) is 3.59. The molecule has 1 saturated heterocycles. The van der Waals surface area contributed by atoms with Crippen LogP contribution in [0.3, 0.4) is 0 Å². The Kier molecular flexibility index (Phi) is 3.27. The van der Waals surface area contributed by atoms with Gasteiger partial charge >= 0.3 is 0 Å². The van der Waals surface area contributed by atoms with Crippen molar-refractivity contribution in [1.29, 1.82) is 0 Å². The van der Waals surface area contributed by atoms with E-state index < -0.39 is 0 Å². The lowest BCUT2D eigenvalue weighted by Crippen LogP contribution is -2.13. The molecule has 0 amide bonds. The van der Waals surface area contributed by atoms with E-state index in [-0.39, 0.29) is 11.9 Å². The van der Waals surface area contributed by atoms with Gasteiger partial charge in [-0.1, -0.05) is 11.6 Å². The van der Waals surface area contributed by atoms with E-state index in [1.807, 2.05) is 6.07 Å². The smallest absolute Gasteiger partial charge is 0.169 e. The van der Waals surface area contributed by atoms with Gasteiger partial charge in [0.2, 0.25) is 0 Å². The van der Waals surface area contributed by atoms with Crippen molar-refractivity contribution in [2.75, 3.05) is 13.2 Å². The van der Waals surface area contributed by atoms with Crippen LogP contribution in [0.25, 0.3) is 0 Å². The second kappa shape index (κ2) is 4.90. The first-order chi connectivity index (χ1) is 8.74. The van der Waals surface area contributed by atoms with Gasteiger partial charge in [-0.05, 0) is 30.5 Å². The Bertz CT molecular complexity index is 478. The van der Waals surface area contributed by atoms with Gasteiger partial charge in [-0.25, -0.2) is 0 Å². The maximum absolute atomic E-state index is 12.3. The Labute approximate surface area is 111 Å². The van der Waals surface area contributed by atoms with Gasteiger partial charge in [0.1, 0.15) is 5.75 Å². The van der Waals surface area contributed by atoms with E-state index in [2.05, 4.69) is 0 Å². The second-order valence-corrected chi connectivity index (χ2v) is 5.24. The molecule has 18 heavy (non-hydrogen) atoms. The maximum Gasteiger partial charge on any atom is 0.169 e. The van der Waals surface area contributed by atoms with Crippen LogP contribution >= 0.6 is 11.6 Å². The highest BCUT2D eigenvalue weighted by atomic mass is 35.5. The van der Waals surface area contributed by atoms with Crippen LogP contribution in [-0.4, -0.2) is 25.1 Å². The third-order valence-electron chi connectivity index (χ3n) is 3.49. The molecular weight excluding hydrogens is 252 g/mol. The van der Waals surface area contributed by atoms with E-state index in [0.717, 1.165) is 37.2 Å². The van der Waals surface area contributed by atoms with Crippen molar-refractivity contribution in [1.82, 2.24) is 0 Å². The molecule has 1 unspecified atom stereocenters. The van der Waals surface area contributed by atoms with Crippen molar-refractivity contribution in [2.24, 2.45) is 0 Å². The number of halogens is 1. The molecule has 1 aromatic rings. The summed E-state index contributed by atoms with van der Waals surface area (Å²) in [5.74, 6) is 0.796. The molecule has 0 aromatic heterocycles. The quantitative estimate of drug-likeness (QED) is 0.789. The van der Waals surface area contributed by atoms with Crippen LogP contribution in [-0.2, 0) is 11.2 Å². The molecule has 3 rings (SSSR count). The lowest BCUT2D eigenvalue weighted by Gasteiger charge is -2.11. The standard InChI is InChI=1S/C14H15ClO3/c15-10-6-9-3-5-18-14(9)12(7-10)13(16)8-11-2-1-4-17-11/h6-7,11H,1-5,8H2.